The summed E-state index contributed by atoms with van der Waals surface area (Å²) in [5, 5.41) is 11.2. The monoisotopic (exact) mass is 266 g/mol. The highest BCUT2D eigenvalue weighted by Crippen LogP contribution is 2.11. The summed E-state index contributed by atoms with van der Waals surface area (Å²) in [5.41, 5.74) is 6.32. The van der Waals surface area contributed by atoms with Gasteiger partial charge in [-0.2, -0.15) is 0 Å². The summed E-state index contributed by atoms with van der Waals surface area (Å²) in [4.78, 5) is 21.8. The quantitative estimate of drug-likeness (QED) is 0.652. The first kappa shape index (κ1) is 15.0. The van der Waals surface area contributed by atoms with Crippen LogP contribution in [0.1, 0.15) is 12.0 Å². The number of rotatable bonds is 7. The number of benzene rings is 1. The zero-order valence-electron chi connectivity index (χ0n) is 10.8. The van der Waals surface area contributed by atoms with Gasteiger partial charge in [-0.25, -0.2) is 0 Å². The van der Waals surface area contributed by atoms with E-state index in [1.165, 1.54) is 0 Å². The van der Waals surface area contributed by atoms with Crippen LogP contribution in [-0.4, -0.2) is 36.7 Å². The number of nitrogens with one attached hydrogen (secondary N) is 1. The number of hydrogen-bond donors (Lipinski definition) is 3. The van der Waals surface area contributed by atoms with Crippen molar-refractivity contribution < 1.29 is 19.4 Å². The molecule has 1 aromatic carbocycles. The van der Waals surface area contributed by atoms with Crippen LogP contribution in [0.15, 0.2) is 24.3 Å². The van der Waals surface area contributed by atoms with E-state index < -0.39 is 12.0 Å². The Hall–Kier alpha value is -2.08. The average molecular weight is 266 g/mol. The Bertz CT molecular complexity index is 431. The number of carboxylic acids is 1. The molecule has 0 aromatic heterocycles. The van der Waals surface area contributed by atoms with E-state index in [0.717, 1.165) is 11.3 Å². The summed E-state index contributed by atoms with van der Waals surface area (Å²) in [6.45, 7) is 0.442. The average Bonchev–Trinajstić information content (AvgIpc) is 2.39. The Morgan fingerprint density at radius 1 is 1.37 bits per heavy atom. The lowest BCUT2D eigenvalue weighted by molar-refractivity contribution is -0.140. The Balaban J connectivity index is 2.29. The molecule has 6 heteroatoms. The molecular formula is C13H18N2O4. The van der Waals surface area contributed by atoms with Gasteiger partial charge in [0.15, 0.2) is 0 Å². The number of hydrogen-bond acceptors (Lipinski definition) is 4. The Kier molecular flexibility index (Phi) is 5.81. The summed E-state index contributed by atoms with van der Waals surface area (Å²) >= 11 is 0. The van der Waals surface area contributed by atoms with Crippen molar-refractivity contribution in [2.75, 3.05) is 13.7 Å². The second-order valence-electron chi connectivity index (χ2n) is 4.10. The molecule has 1 amide bonds. The minimum atomic E-state index is -1.18. The third-order valence-corrected chi connectivity index (χ3v) is 2.62. The van der Waals surface area contributed by atoms with Crippen molar-refractivity contribution in [2.24, 2.45) is 5.73 Å². The van der Waals surface area contributed by atoms with Crippen LogP contribution in [0.4, 0.5) is 0 Å². The number of amides is 1. The van der Waals surface area contributed by atoms with Crippen molar-refractivity contribution in [3.05, 3.63) is 29.8 Å². The van der Waals surface area contributed by atoms with Crippen LogP contribution in [-0.2, 0) is 16.0 Å². The fourth-order valence-electron chi connectivity index (χ4n) is 1.50. The molecule has 0 radical (unpaired) electrons. The molecule has 0 fully saturated rings. The van der Waals surface area contributed by atoms with Crippen LogP contribution in [0, 0.1) is 0 Å². The third-order valence-electron chi connectivity index (χ3n) is 2.62. The second kappa shape index (κ2) is 7.38. The summed E-state index contributed by atoms with van der Waals surface area (Å²) in [6.07, 6.45) is 0.454. The highest BCUT2D eigenvalue weighted by Gasteiger charge is 2.15. The van der Waals surface area contributed by atoms with Gasteiger partial charge in [-0.05, 0) is 24.1 Å². The summed E-state index contributed by atoms with van der Waals surface area (Å²) in [6, 6.07) is 6.36. The standard InChI is InChI=1S/C13H18N2O4/c1-19-10-4-2-9(3-5-10)6-7-15-12(16)8-11(14)13(17)18/h2-5,11H,6-8,14H2,1H3,(H,15,16)(H,17,18). The van der Waals surface area contributed by atoms with Gasteiger partial charge in [-0.15, -0.1) is 0 Å². The molecule has 104 valence electrons. The molecule has 19 heavy (non-hydrogen) atoms. The zero-order chi connectivity index (χ0) is 14.3. The van der Waals surface area contributed by atoms with E-state index in [4.69, 9.17) is 15.6 Å². The molecule has 6 nitrogen and oxygen atoms in total. The van der Waals surface area contributed by atoms with Gasteiger partial charge in [-0.3, -0.25) is 9.59 Å². The van der Waals surface area contributed by atoms with E-state index >= 15 is 0 Å². The first-order chi connectivity index (χ1) is 9.02. The molecular weight excluding hydrogens is 248 g/mol. The van der Waals surface area contributed by atoms with E-state index in [1.54, 1.807) is 7.11 Å². The highest BCUT2D eigenvalue weighted by molar-refractivity contribution is 5.84. The number of ether oxygens (including phenoxy) is 1. The Labute approximate surface area is 111 Å². The van der Waals surface area contributed by atoms with E-state index in [0.29, 0.717) is 13.0 Å². The fourth-order valence-corrected chi connectivity index (χ4v) is 1.50. The van der Waals surface area contributed by atoms with Crippen LogP contribution >= 0.6 is 0 Å². The molecule has 0 heterocycles. The first-order valence-electron chi connectivity index (χ1n) is 5.91. The van der Waals surface area contributed by atoms with Gasteiger partial charge in [0.1, 0.15) is 11.8 Å². The molecule has 0 aliphatic carbocycles. The van der Waals surface area contributed by atoms with Crippen molar-refractivity contribution in [1.82, 2.24) is 5.32 Å². The lowest BCUT2D eigenvalue weighted by atomic mass is 10.1. The summed E-state index contributed by atoms with van der Waals surface area (Å²) < 4.78 is 5.04. The largest absolute Gasteiger partial charge is 0.497 e. The summed E-state index contributed by atoms with van der Waals surface area (Å²) in [7, 11) is 1.60. The number of aliphatic carboxylic acids is 1. The van der Waals surface area contributed by atoms with Crippen LogP contribution in [0.5, 0.6) is 5.75 Å². The van der Waals surface area contributed by atoms with Crippen molar-refractivity contribution >= 4 is 11.9 Å². The molecule has 1 unspecified atom stereocenters. The van der Waals surface area contributed by atoms with Crippen molar-refractivity contribution in [1.29, 1.82) is 0 Å². The van der Waals surface area contributed by atoms with Crippen LogP contribution in [0.3, 0.4) is 0 Å². The van der Waals surface area contributed by atoms with Crippen LogP contribution in [0.25, 0.3) is 0 Å². The van der Waals surface area contributed by atoms with Gasteiger partial charge in [0, 0.05) is 6.54 Å². The molecule has 0 aliphatic rings. The molecule has 0 aliphatic heterocycles. The number of nitrogens with two attached hydrogens (primary N) is 1. The Morgan fingerprint density at radius 2 is 2.00 bits per heavy atom. The molecule has 1 rings (SSSR count). The van der Waals surface area contributed by atoms with Crippen LogP contribution in [0.2, 0.25) is 0 Å². The molecule has 1 aromatic rings. The molecule has 0 spiro atoms. The van der Waals surface area contributed by atoms with Gasteiger partial charge in [0.2, 0.25) is 5.91 Å². The lowest BCUT2D eigenvalue weighted by Crippen LogP contribution is -2.37. The van der Waals surface area contributed by atoms with Crippen LogP contribution < -0.4 is 15.8 Å². The van der Waals surface area contributed by atoms with Crippen molar-refractivity contribution in [2.45, 2.75) is 18.9 Å². The van der Waals surface area contributed by atoms with Crippen molar-refractivity contribution in [3.8, 4) is 5.75 Å². The maximum absolute atomic E-state index is 11.4. The lowest BCUT2D eigenvalue weighted by Gasteiger charge is -2.08. The van der Waals surface area contributed by atoms with Crippen molar-refractivity contribution in [3.63, 3.8) is 0 Å². The number of carbonyl (C=O) groups excluding carboxylic acids is 1. The number of carboxylic acid groups (broad SMARTS) is 1. The summed E-state index contributed by atoms with van der Waals surface area (Å²) in [5.74, 6) is -0.756. The number of carbonyl (C=O) groups is 2. The van der Waals surface area contributed by atoms with Gasteiger partial charge < -0.3 is 20.9 Å². The SMILES string of the molecule is COc1ccc(CCNC(=O)CC(N)C(=O)O)cc1. The Morgan fingerprint density at radius 3 is 2.53 bits per heavy atom. The fraction of sp³-hybridized carbons (Fsp3) is 0.385. The maximum atomic E-state index is 11.4. The van der Waals surface area contributed by atoms with Gasteiger partial charge in [-0.1, -0.05) is 12.1 Å². The van der Waals surface area contributed by atoms with Gasteiger partial charge in [0.05, 0.1) is 13.5 Å². The smallest absolute Gasteiger partial charge is 0.321 e. The molecule has 0 saturated carbocycles. The van der Waals surface area contributed by atoms with Gasteiger partial charge >= 0.3 is 5.97 Å². The molecule has 1 atom stereocenters. The second-order valence-corrected chi connectivity index (χ2v) is 4.10. The number of methoxy groups -OCH3 is 1. The molecule has 4 N–H and O–H groups in total. The van der Waals surface area contributed by atoms with E-state index in [-0.39, 0.29) is 12.3 Å². The maximum Gasteiger partial charge on any atom is 0.321 e. The molecule has 0 saturated heterocycles. The molecule has 0 bridgehead atoms. The third kappa shape index (κ3) is 5.39. The first-order valence-corrected chi connectivity index (χ1v) is 5.91. The van der Waals surface area contributed by atoms with E-state index in [1.807, 2.05) is 24.3 Å². The predicted molar refractivity (Wildman–Crippen MR) is 69.9 cm³/mol. The van der Waals surface area contributed by atoms with E-state index in [9.17, 15) is 9.59 Å². The zero-order valence-corrected chi connectivity index (χ0v) is 10.8. The normalized spacial score (nSPS) is 11.7. The highest BCUT2D eigenvalue weighted by atomic mass is 16.5. The predicted octanol–water partition coefficient (Wildman–Crippen LogP) is 0.156. The van der Waals surface area contributed by atoms with E-state index in [2.05, 4.69) is 5.32 Å². The topological polar surface area (TPSA) is 102 Å². The minimum absolute atomic E-state index is 0.210. The minimum Gasteiger partial charge on any atom is -0.497 e. The van der Waals surface area contributed by atoms with Gasteiger partial charge in [0.25, 0.3) is 0 Å².